The van der Waals surface area contributed by atoms with Gasteiger partial charge in [0.2, 0.25) is 0 Å². The molecule has 0 saturated carbocycles. The first-order valence-corrected chi connectivity index (χ1v) is 8.55. The minimum atomic E-state index is -0.393. The zero-order valence-electron chi connectivity index (χ0n) is 14.7. The fourth-order valence-corrected chi connectivity index (χ4v) is 3.71. The maximum atomic E-state index is 10.9. The Balaban J connectivity index is 1.66. The van der Waals surface area contributed by atoms with Gasteiger partial charge in [-0.05, 0) is 55.2 Å². The predicted octanol–water partition coefficient (Wildman–Crippen LogP) is 4.56. The van der Waals surface area contributed by atoms with Crippen LogP contribution in [0.2, 0.25) is 0 Å². The van der Waals surface area contributed by atoms with Crippen molar-refractivity contribution in [3.05, 3.63) is 69.3 Å². The first-order valence-electron chi connectivity index (χ1n) is 8.55. The van der Waals surface area contributed by atoms with E-state index in [1.165, 1.54) is 22.8 Å². The van der Waals surface area contributed by atoms with E-state index in [-0.39, 0.29) is 11.7 Å². The van der Waals surface area contributed by atoms with Gasteiger partial charge in [0.15, 0.2) is 0 Å². The number of methoxy groups -OCH3 is 1. The maximum Gasteiger partial charge on any atom is 0.270 e. The Morgan fingerprint density at radius 3 is 2.85 bits per heavy atom. The van der Waals surface area contributed by atoms with Crippen LogP contribution in [0.3, 0.4) is 0 Å². The summed E-state index contributed by atoms with van der Waals surface area (Å²) in [6.45, 7) is 2.13. The molecular formula is C20H19N3O3. The van der Waals surface area contributed by atoms with E-state index in [4.69, 9.17) is 4.74 Å². The fraction of sp³-hybridized carbons (Fsp3) is 0.250. The molecule has 0 radical (unpaired) electrons. The quantitative estimate of drug-likeness (QED) is 0.552. The average Bonchev–Trinajstić information content (AvgIpc) is 3.06. The summed E-state index contributed by atoms with van der Waals surface area (Å²) in [5.41, 5.74) is 4.64. The monoisotopic (exact) mass is 349 g/mol. The molecule has 6 nitrogen and oxygen atoms in total. The van der Waals surface area contributed by atoms with Gasteiger partial charge in [0.1, 0.15) is 11.6 Å². The summed E-state index contributed by atoms with van der Waals surface area (Å²) in [5, 5.41) is 15.2. The summed E-state index contributed by atoms with van der Waals surface area (Å²) in [5.74, 6) is 1.66. The number of hydrogen-bond acceptors (Lipinski definition) is 5. The van der Waals surface area contributed by atoms with Crippen LogP contribution < -0.4 is 10.1 Å². The second-order valence-corrected chi connectivity index (χ2v) is 6.54. The highest BCUT2D eigenvalue weighted by Gasteiger charge is 2.27. The van der Waals surface area contributed by atoms with Crippen molar-refractivity contribution in [2.45, 2.75) is 25.8 Å². The van der Waals surface area contributed by atoms with Crippen molar-refractivity contribution in [3.63, 3.8) is 0 Å². The number of rotatable bonds is 4. The Hall–Kier alpha value is -3.15. The molecule has 1 heterocycles. The molecule has 1 aliphatic rings. The van der Waals surface area contributed by atoms with Crippen LogP contribution in [0.1, 0.15) is 29.2 Å². The summed E-state index contributed by atoms with van der Waals surface area (Å²) in [6, 6.07) is 12.7. The number of anilines is 1. The van der Waals surface area contributed by atoms with E-state index in [2.05, 4.69) is 23.3 Å². The third-order valence-electron chi connectivity index (χ3n) is 5.01. The van der Waals surface area contributed by atoms with Gasteiger partial charge < -0.3 is 10.1 Å². The van der Waals surface area contributed by atoms with Crippen LogP contribution in [-0.4, -0.2) is 17.0 Å². The number of nitrogens with one attached hydrogen (secondary N) is 1. The Labute approximate surface area is 151 Å². The smallest absolute Gasteiger partial charge is 0.270 e. The van der Waals surface area contributed by atoms with Gasteiger partial charge in [0.05, 0.1) is 23.6 Å². The van der Waals surface area contributed by atoms with Gasteiger partial charge in [-0.1, -0.05) is 6.07 Å². The van der Waals surface area contributed by atoms with Gasteiger partial charge in [-0.25, -0.2) is 4.98 Å². The molecule has 0 bridgehead atoms. The molecule has 1 atom stereocenters. The van der Waals surface area contributed by atoms with Crippen LogP contribution in [0.4, 0.5) is 11.5 Å². The molecule has 0 saturated heterocycles. The van der Waals surface area contributed by atoms with Gasteiger partial charge in [-0.15, -0.1) is 0 Å². The number of non-ortho nitro benzene ring substituents is 1. The molecule has 2 aromatic carbocycles. The fourth-order valence-electron chi connectivity index (χ4n) is 3.71. The van der Waals surface area contributed by atoms with Gasteiger partial charge in [0.25, 0.3) is 5.69 Å². The molecule has 0 amide bonds. The molecule has 132 valence electrons. The highest BCUT2D eigenvalue weighted by atomic mass is 16.6. The molecule has 0 unspecified atom stereocenters. The minimum absolute atomic E-state index is 0.0740. The van der Waals surface area contributed by atoms with E-state index in [0.717, 1.165) is 35.3 Å². The standard InChI is InChI=1S/C20H19N3O3/c1-12-3-9-18(26-2)20-15(12)6-8-17(20)22-19-10-4-13-11-14(23(24)25)5-7-16(13)21-19/h3-5,7,9-11,17H,6,8H2,1-2H3,(H,21,22)/t17-/m1/s1. The van der Waals surface area contributed by atoms with Gasteiger partial charge in [-0.3, -0.25) is 10.1 Å². The van der Waals surface area contributed by atoms with Crippen molar-refractivity contribution in [2.24, 2.45) is 0 Å². The molecular weight excluding hydrogens is 330 g/mol. The van der Waals surface area contributed by atoms with Gasteiger partial charge >= 0.3 is 0 Å². The van der Waals surface area contributed by atoms with Crippen molar-refractivity contribution in [3.8, 4) is 5.75 Å². The second kappa shape index (κ2) is 6.29. The summed E-state index contributed by atoms with van der Waals surface area (Å²) < 4.78 is 5.56. The zero-order valence-corrected chi connectivity index (χ0v) is 14.7. The second-order valence-electron chi connectivity index (χ2n) is 6.54. The molecule has 0 fully saturated rings. The SMILES string of the molecule is COc1ccc(C)c2c1[C@H](Nc1ccc3cc([N+](=O)[O-])ccc3n1)CC2. The number of aryl methyl sites for hydroxylation is 1. The van der Waals surface area contributed by atoms with E-state index >= 15 is 0 Å². The number of nitro benzene ring substituents is 1. The number of nitro groups is 1. The van der Waals surface area contributed by atoms with Crippen molar-refractivity contribution in [2.75, 3.05) is 12.4 Å². The number of benzene rings is 2. The molecule has 0 aliphatic heterocycles. The molecule has 1 aliphatic carbocycles. The van der Waals surface area contributed by atoms with Crippen molar-refractivity contribution in [1.82, 2.24) is 4.98 Å². The summed E-state index contributed by atoms with van der Waals surface area (Å²) in [4.78, 5) is 15.1. The van der Waals surface area contributed by atoms with Crippen LogP contribution in [0.25, 0.3) is 10.9 Å². The molecule has 4 rings (SSSR count). The Bertz CT molecular complexity index is 1020. The van der Waals surface area contributed by atoms with Crippen molar-refractivity contribution >= 4 is 22.4 Å². The minimum Gasteiger partial charge on any atom is -0.496 e. The maximum absolute atomic E-state index is 10.9. The van der Waals surface area contributed by atoms with E-state index in [1.807, 2.05) is 18.2 Å². The van der Waals surface area contributed by atoms with Crippen LogP contribution in [0.15, 0.2) is 42.5 Å². The van der Waals surface area contributed by atoms with Crippen LogP contribution in [0, 0.1) is 17.0 Å². The Kier molecular flexibility index (Phi) is 3.95. The Morgan fingerprint density at radius 1 is 1.23 bits per heavy atom. The lowest BCUT2D eigenvalue weighted by atomic mass is 10.0. The van der Waals surface area contributed by atoms with E-state index in [9.17, 15) is 10.1 Å². The van der Waals surface area contributed by atoms with Crippen LogP contribution in [0.5, 0.6) is 5.75 Å². The van der Waals surface area contributed by atoms with Gasteiger partial charge in [-0.2, -0.15) is 0 Å². The number of pyridine rings is 1. The summed E-state index contributed by atoms with van der Waals surface area (Å²) in [7, 11) is 1.70. The largest absolute Gasteiger partial charge is 0.496 e. The molecule has 6 heteroatoms. The lowest BCUT2D eigenvalue weighted by molar-refractivity contribution is -0.384. The lowest BCUT2D eigenvalue weighted by Crippen LogP contribution is -2.10. The average molecular weight is 349 g/mol. The highest BCUT2D eigenvalue weighted by molar-refractivity contribution is 5.82. The topological polar surface area (TPSA) is 77.3 Å². The van der Waals surface area contributed by atoms with E-state index < -0.39 is 4.92 Å². The lowest BCUT2D eigenvalue weighted by Gasteiger charge is -2.18. The number of fused-ring (bicyclic) bond motifs is 2. The summed E-state index contributed by atoms with van der Waals surface area (Å²) in [6.07, 6.45) is 1.99. The van der Waals surface area contributed by atoms with E-state index in [0.29, 0.717) is 0 Å². The first-order chi connectivity index (χ1) is 12.6. The van der Waals surface area contributed by atoms with E-state index in [1.54, 1.807) is 19.2 Å². The number of hydrogen-bond donors (Lipinski definition) is 1. The molecule has 0 spiro atoms. The zero-order chi connectivity index (χ0) is 18.3. The Morgan fingerprint density at radius 2 is 2.08 bits per heavy atom. The number of aromatic nitrogens is 1. The third kappa shape index (κ3) is 2.73. The van der Waals surface area contributed by atoms with Crippen LogP contribution >= 0.6 is 0 Å². The van der Waals surface area contributed by atoms with Crippen molar-refractivity contribution in [1.29, 1.82) is 0 Å². The predicted molar refractivity (Wildman–Crippen MR) is 101 cm³/mol. The molecule has 1 N–H and O–H groups in total. The summed E-state index contributed by atoms with van der Waals surface area (Å²) >= 11 is 0. The third-order valence-corrected chi connectivity index (χ3v) is 5.01. The van der Waals surface area contributed by atoms with Crippen LogP contribution in [-0.2, 0) is 6.42 Å². The number of nitrogens with zero attached hydrogens (tertiary/aromatic N) is 2. The first kappa shape index (κ1) is 16.3. The molecule has 3 aromatic rings. The molecule has 1 aromatic heterocycles. The highest BCUT2D eigenvalue weighted by Crippen LogP contribution is 2.41. The van der Waals surface area contributed by atoms with Gasteiger partial charge in [0, 0.05) is 23.1 Å². The molecule has 26 heavy (non-hydrogen) atoms. The van der Waals surface area contributed by atoms with Crippen molar-refractivity contribution < 1.29 is 9.66 Å². The normalized spacial score (nSPS) is 15.7. The number of ether oxygens (including phenoxy) is 1.